The van der Waals surface area contributed by atoms with Crippen LogP contribution in [0.5, 0.6) is 0 Å². The molecule has 1 aromatic rings. The van der Waals surface area contributed by atoms with Gasteiger partial charge < -0.3 is 17.2 Å². The molecule has 0 heterocycles. The average molecular weight is 269 g/mol. The van der Waals surface area contributed by atoms with Crippen molar-refractivity contribution in [3.63, 3.8) is 0 Å². The largest absolute Gasteiger partial charge is 0.368 e. The number of hydrogen-bond acceptors (Lipinski definition) is 7. The van der Waals surface area contributed by atoms with Crippen molar-refractivity contribution in [3.8, 4) is 0 Å². The second-order valence-corrected chi connectivity index (χ2v) is 3.71. The van der Waals surface area contributed by atoms with Crippen LogP contribution in [0.3, 0.4) is 0 Å². The zero-order chi connectivity index (χ0) is 14.7. The van der Waals surface area contributed by atoms with Gasteiger partial charge in [-0.1, -0.05) is 0 Å². The first-order valence-electron chi connectivity index (χ1n) is 4.99. The molecule has 0 aromatic heterocycles. The molecule has 0 bridgehead atoms. The van der Waals surface area contributed by atoms with Gasteiger partial charge in [0.25, 0.3) is 11.4 Å². The lowest BCUT2D eigenvalue weighted by molar-refractivity contribution is -0.394. The van der Waals surface area contributed by atoms with Crippen LogP contribution < -0.4 is 17.2 Å². The first kappa shape index (κ1) is 14.5. The minimum atomic E-state index is -1.33. The Balaban J connectivity index is 3.31. The van der Waals surface area contributed by atoms with Crippen LogP contribution in [0.2, 0.25) is 0 Å². The third-order valence-electron chi connectivity index (χ3n) is 2.50. The maximum Gasteiger partial charge on any atom is 0.281 e. The molecule has 0 saturated carbocycles. The molecule has 102 valence electrons. The third-order valence-corrected chi connectivity index (χ3v) is 2.50. The summed E-state index contributed by atoms with van der Waals surface area (Å²) in [6.45, 7) is 0. The van der Waals surface area contributed by atoms with E-state index in [1.807, 2.05) is 0 Å². The minimum absolute atomic E-state index is 0.0955. The monoisotopic (exact) mass is 269 g/mol. The molecule has 10 nitrogen and oxygen atoms in total. The Bertz CT molecular complexity index is 546. The van der Waals surface area contributed by atoms with Crippen LogP contribution in [0.25, 0.3) is 0 Å². The molecule has 1 aromatic carbocycles. The summed E-state index contributed by atoms with van der Waals surface area (Å²) in [7, 11) is 0. The van der Waals surface area contributed by atoms with Crippen LogP contribution >= 0.6 is 0 Å². The maximum atomic E-state index is 10.9. The van der Waals surface area contributed by atoms with Crippen LogP contribution in [-0.2, 0) is 4.79 Å². The maximum absolute atomic E-state index is 10.9. The molecule has 0 aliphatic heterocycles. The van der Waals surface area contributed by atoms with E-state index in [0.717, 1.165) is 18.2 Å². The Labute approximate surface area is 106 Å². The van der Waals surface area contributed by atoms with Crippen molar-refractivity contribution < 1.29 is 14.6 Å². The van der Waals surface area contributed by atoms with Gasteiger partial charge in [-0.25, -0.2) is 0 Å². The lowest BCUT2D eigenvalue weighted by Gasteiger charge is -2.16. The second kappa shape index (κ2) is 5.37. The Morgan fingerprint density at radius 3 is 2.16 bits per heavy atom. The minimum Gasteiger partial charge on any atom is -0.368 e. The van der Waals surface area contributed by atoms with E-state index in [4.69, 9.17) is 17.2 Å². The number of rotatable bonds is 5. The second-order valence-electron chi connectivity index (χ2n) is 3.71. The van der Waals surface area contributed by atoms with Gasteiger partial charge in [0.15, 0.2) is 0 Å². The summed E-state index contributed by atoms with van der Waals surface area (Å²) in [5.41, 5.74) is 14.8. The smallest absolute Gasteiger partial charge is 0.281 e. The van der Waals surface area contributed by atoms with Crippen LogP contribution in [0.4, 0.5) is 11.4 Å². The van der Waals surface area contributed by atoms with Crippen LogP contribution in [0.1, 0.15) is 11.6 Å². The fourth-order valence-electron chi connectivity index (χ4n) is 1.46. The van der Waals surface area contributed by atoms with E-state index in [1.54, 1.807) is 0 Å². The predicted molar refractivity (Wildman–Crippen MR) is 63.8 cm³/mol. The summed E-state index contributed by atoms with van der Waals surface area (Å²) in [5.74, 6) is -0.930. The van der Waals surface area contributed by atoms with Gasteiger partial charge in [0.1, 0.15) is 6.04 Å². The summed E-state index contributed by atoms with van der Waals surface area (Å²) >= 11 is 0. The summed E-state index contributed by atoms with van der Waals surface area (Å²) in [6, 6.07) is 0.321. The van der Waals surface area contributed by atoms with Crippen molar-refractivity contribution in [2.45, 2.75) is 12.1 Å². The molecule has 1 unspecified atom stereocenters. The highest BCUT2D eigenvalue weighted by molar-refractivity contribution is 5.81. The van der Waals surface area contributed by atoms with E-state index in [2.05, 4.69) is 0 Å². The number of carbonyl (C=O) groups is 1. The van der Waals surface area contributed by atoms with Gasteiger partial charge in [-0.3, -0.25) is 25.0 Å². The number of primary amides is 1. The number of nitro benzene ring substituents is 2. The Kier molecular flexibility index (Phi) is 4.09. The Morgan fingerprint density at radius 2 is 1.74 bits per heavy atom. The highest BCUT2D eigenvalue weighted by atomic mass is 16.6. The molecule has 2 atom stereocenters. The molecular weight excluding hydrogens is 258 g/mol. The molecule has 19 heavy (non-hydrogen) atoms. The highest BCUT2D eigenvalue weighted by Gasteiger charge is 2.29. The van der Waals surface area contributed by atoms with Crippen molar-refractivity contribution in [1.29, 1.82) is 0 Å². The zero-order valence-corrected chi connectivity index (χ0v) is 9.55. The number of amides is 1. The number of nitro groups is 2. The van der Waals surface area contributed by atoms with Crippen molar-refractivity contribution in [2.75, 3.05) is 0 Å². The Morgan fingerprint density at radius 1 is 1.16 bits per heavy atom. The number of nitrogens with two attached hydrogens (primary N) is 3. The van der Waals surface area contributed by atoms with E-state index in [-0.39, 0.29) is 5.56 Å². The van der Waals surface area contributed by atoms with Crippen molar-refractivity contribution in [1.82, 2.24) is 0 Å². The quantitative estimate of drug-likeness (QED) is 0.467. The summed E-state index contributed by atoms with van der Waals surface area (Å²) in [4.78, 5) is 30.7. The predicted octanol–water partition coefficient (Wildman–Crippen LogP) is -0.685. The first-order chi connectivity index (χ1) is 8.75. The Hall–Kier alpha value is -2.59. The van der Waals surface area contributed by atoms with Gasteiger partial charge in [-0.2, -0.15) is 0 Å². The molecule has 0 fully saturated rings. The summed E-state index contributed by atoms with van der Waals surface area (Å²) in [5, 5.41) is 21.4. The number of benzene rings is 1. The fourth-order valence-corrected chi connectivity index (χ4v) is 1.46. The number of nitrogens with zero attached hydrogens (tertiary/aromatic N) is 2. The van der Waals surface area contributed by atoms with Crippen LogP contribution in [-0.4, -0.2) is 21.8 Å². The lowest BCUT2D eigenvalue weighted by Crippen LogP contribution is -2.45. The molecule has 0 saturated heterocycles. The molecule has 1 rings (SSSR count). The molecule has 0 aliphatic rings. The van der Waals surface area contributed by atoms with Crippen molar-refractivity contribution in [3.05, 3.63) is 44.0 Å². The van der Waals surface area contributed by atoms with E-state index in [0.29, 0.717) is 0 Å². The number of hydrogen-bond donors (Lipinski definition) is 3. The molecule has 0 aliphatic carbocycles. The van der Waals surface area contributed by atoms with E-state index < -0.39 is 39.2 Å². The van der Waals surface area contributed by atoms with Crippen molar-refractivity contribution >= 4 is 17.3 Å². The van der Waals surface area contributed by atoms with E-state index in [1.165, 1.54) is 0 Å². The van der Waals surface area contributed by atoms with Gasteiger partial charge in [0, 0.05) is 11.6 Å². The fraction of sp³-hybridized carbons (Fsp3) is 0.222. The van der Waals surface area contributed by atoms with Gasteiger partial charge in [-0.15, -0.1) is 0 Å². The molecule has 1 amide bonds. The molecular formula is C9H11N5O5. The highest BCUT2D eigenvalue weighted by Crippen LogP contribution is 2.29. The molecule has 0 spiro atoms. The SMILES string of the molecule is NC(=O)[C@@H](N)C(N)c1ccc([N+](=O)[O-])cc1[N+](=O)[O-]. The van der Waals surface area contributed by atoms with E-state index in [9.17, 15) is 25.0 Å². The van der Waals surface area contributed by atoms with Crippen molar-refractivity contribution in [2.24, 2.45) is 17.2 Å². The average Bonchev–Trinajstić information content (AvgIpc) is 2.35. The standard InChI is InChI=1S/C9H11N5O5/c10-7(8(11)9(12)15)5-2-1-4(13(16)17)3-6(5)14(18)19/h1-3,7-8H,10-11H2,(H2,12,15)/t7?,8-/m0/s1. The first-order valence-corrected chi connectivity index (χ1v) is 4.99. The zero-order valence-electron chi connectivity index (χ0n) is 9.55. The van der Waals surface area contributed by atoms with Gasteiger partial charge in [0.2, 0.25) is 5.91 Å². The molecule has 6 N–H and O–H groups in total. The topological polar surface area (TPSA) is 181 Å². The van der Waals surface area contributed by atoms with Crippen LogP contribution in [0.15, 0.2) is 18.2 Å². The number of carbonyl (C=O) groups excluding carboxylic acids is 1. The molecule has 10 heteroatoms. The number of non-ortho nitro benzene ring substituents is 1. The summed E-state index contributed by atoms with van der Waals surface area (Å²) < 4.78 is 0. The van der Waals surface area contributed by atoms with Gasteiger partial charge in [0.05, 0.1) is 22.0 Å². The van der Waals surface area contributed by atoms with Gasteiger partial charge in [-0.05, 0) is 6.07 Å². The van der Waals surface area contributed by atoms with Gasteiger partial charge >= 0.3 is 0 Å². The summed E-state index contributed by atoms with van der Waals surface area (Å²) in [6.07, 6.45) is 0. The lowest BCUT2D eigenvalue weighted by atomic mass is 9.98. The van der Waals surface area contributed by atoms with Crippen LogP contribution in [0, 0.1) is 20.2 Å². The van der Waals surface area contributed by atoms with E-state index >= 15 is 0 Å². The normalized spacial score (nSPS) is 13.6. The molecule has 0 radical (unpaired) electrons. The third kappa shape index (κ3) is 3.00.